The van der Waals surface area contributed by atoms with E-state index < -0.39 is 0 Å². The largest absolute Gasteiger partial charge is 0.323 e. The summed E-state index contributed by atoms with van der Waals surface area (Å²) < 4.78 is 0. The highest BCUT2D eigenvalue weighted by Gasteiger charge is 2.03. The number of hydrogen-bond donors (Lipinski definition) is 1. The van der Waals surface area contributed by atoms with Crippen molar-refractivity contribution in [2.45, 2.75) is 19.4 Å². The molecular formula is C10H12N2. The third kappa shape index (κ3) is 1.84. The van der Waals surface area contributed by atoms with E-state index in [1.807, 2.05) is 13.0 Å². The molecule has 0 bridgehead atoms. The Bertz CT molecular complexity index is 299. The van der Waals surface area contributed by atoms with Gasteiger partial charge in [0.25, 0.3) is 0 Å². The molecular weight excluding hydrogens is 148 g/mol. The quantitative estimate of drug-likeness (QED) is 0.665. The molecule has 0 radical (unpaired) electrons. The van der Waals surface area contributed by atoms with Crippen LogP contribution in [0.2, 0.25) is 0 Å². The molecule has 2 nitrogen and oxygen atoms in total. The van der Waals surface area contributed by atoms with Crippen molar-refractivity contribution >= 4 is 0 Å². The maximum atomic E-state index is 5.79. The smallest absolute Gasteiger partial charge is 0.0583 e. The van der Waals surface area contributed by atoms with Crippen molar-refractivity contribution in [1.82, 2.24) is 4.98 Å². The molecule has 0 fully saturated rings. The van der Waals surface area contributed by atoms with Crippen LogP contribution in [0.5, 0.6) is 0 Å². The van der Waals surface area contributed by atoms with Crippen LogP contribution in [0.1, 0.15) is 30.6 Å². The predicted octanol–water partition coefficient (Wildman–Crippen LogP) is 1.47. The molecule has 0 aliphatic carbocycles. The van der Waals surface area contributed by atoms with Gasteiger partial charge in [-0.05, 0) is 18.6 Å². The fourth-order valence-corrected chi connectivity index (χ4v) is 0.950. The van der Waals surface area contributed by atoms with E-state index in [0.717, 1.165) is 17.7 Å². The number of pyridine rings is 1. The Labute approximate surface area is 72.8 Å². The summed E-state index contributed by atoms with van der Waals surface area (Å²) in [6.45, 7) is 2.02. The summed E-state index contributed by atoms with van der Waals surface area (Å²) in [6, 6.07) is 3.65. The molecule has 0 aromatic carbocycles. The molecule has 1 aromatic rings. The van der Waals surface area contributed by atoms with E-state index in [0.29, 0.717) is 0 Å². The molecule has 0 saturated carbocycles. The van der Waals surface area contributed by atoms with E-state index in [2.05, 4.69) is 10.9 Å². The normalized spacial score (nSPS) is 12.1. The summed E-state index contributed by atoms with van der Waals surface area (Å²) in [5, 5.41) is 0. The molecule has 0 aliphatic heterocycles. The Kier molecular flexibility index (Phi) is 2.84. The zero-order chi connectivity index (χ0) is 8.97. The van der Waals surface area contributed by atoms with Crippen molar-refractivity contribution in [2.24, 2.45) is 5.73 Å². The Morgan fingerprint density at radius 1 is 1.75 bits per heavy atom. The second-order valence-corrected chi connectivity index (χ2v) is 2.63. The lowest BCUT2D eigenvalue weighted by molar-refractivity contribution is 0.675. The van der Waals surface area contributed by atoms with Gasteiger partial charge in [0.05, 0.1) is 5.69 Å². The fraction of sp³-hybridized carbons (Fsp3) is 0.300. The van der Waals surface area contributed by atoms with Gasteiger partial charge in [-0.25, -0.2) is 0 Å². The average Bonchev–Trinajstić information content (AvgIpc) is 2.17. The van der Waals surface area contributed by atoms with Crippen LogP contribution in [0.25, 0.3) is 0 Å². The second kappa shape index (κ2) is 3.89. The number of hydrogen-bond acceptors (Lipinski definition) is 2. The van der Waals surface area contributed by atoms with Crippen molar-refractivity contribution in [1.29, 1.82) is 0 Å². The number of rotatable bonds is 2. The summed E-state index contributed by atoms with van der Waals surface area (Å²) in [6.07, 6.45) is 7.81. The minimum atomic E-state index is -0.00157. The lowest BCUT2D eigenvalue weighted by Crippen LogP contribution is -2.10. The predicted molar refractivity (Wildman–Crippen MR) is 49.4 cm³/mol. The number of terminal acetylenes is 1. The molecule has 0 aliphatic rings. The van der Waals surface area contributed by atoms with Gasteiger partial charge in [0, 0.05) is 17.8 Å². The molecule has 62 valence electrons. The number of aromatic nitrogens is 1. The molecule has 1 rings (SSSR count). The first-order valence-electron chi connectivity index (χ1n) is 3.96. The molecule has 1 atom stereocenters. The number of nitrogens with two attached hydrogens (primary N) is 1. The fourth-order valence-electron chi connectivity index (χ4n) is 0.950. The van der Waals surface area contributed by atoms with Crippen molar-refractivity contribution in [3.05, 3.63) is 29.6 Å². The number of nitrogens with zero attached hydrogens (tertiary/aromatic N) is 1. The third-order valence-electron chi connectivity index (χ3n) is 1.77. The first-order valence-corrected chi connectivity index (χ1v) is 3.96. The van der Waals surface area contributed by atoms with E-state index in [9.17, 15) is 0 Å². The van der Waals surface area contributed by atoms with Crippen molar-refractivity contribution < 1.29 is 0 Å². The Morgan fingerprint density at radius 2 is 2.50 bits per heavy atom. The Morgan fingerprint density at radius 3 is 3.08 bits per heavy atom. The summed E-state index contributed by atoms with van der Waals surface area (Å²) in [7, 11) is 0. The van der Waals surface area contributed by atoms with Crippen molar-refractivity contribution in [3.63, 3.8) is 0 Å². The SMILES string of the molecule is C#Cc1ccnc(C(N)CC)c1. The zero-order valence-corrected chi connectivity index (χ0v) is 7.12. The maximum Gasteiger partial charge on any atom is 0.0583 e. The Balaban J connectivity index is 2.95. The highest BCUT2D eigenvalue weighted by Crippen LogP contribution is 2.11. The van der Waals surface area contributed by atoms with Gasteiger partial charge in [0.15, 0.2) is 0 Å². The lowest BCUT2D eigenvalue weighted by atomic mass is 10.1. The van der Waals surface area contributed by atoms with Crippen LogP contribution in [0.3, 0.4) is 0 Å². The summed E-state index contributed by atoms with van der Waals surface area (Å²) >= 11 is 0. The van der Waals surface area contributed by atoms with Crippen LogP contribution in [-0.2, 0) is 0 Å². The van der Waals surface area contributed by atoms with E-state index in [-0.39, 0.29) is 6.04 Å². The van der Waals surface area contributed by atoms with Gasteiger partial charge in [-0.1, -0.05) is 12.8 Å². The molecule has 2 N–H and O–H groups in total. The Hall–Kier alpha value is -1.33. The van der Waals surface area contributed by atoms with Crippen LogP contribution in [0, 0.1) is 12.3 Å². The molecule has 12 heavy (non-hydrogen) atoms. The monoisotopic (exact) mass is 160 g/mol. The first kappa shape index (κ1) is 8.76. The molecule has 0 amide bonds. The van der Waals surface area contributed by atoms with Crippen LogP contribution < -0.4 is 5.73 Å². The van der Waals surface area contributed by atoms with Gasteiger partial charge in [0.2, 0.25) is 0 Å². The molecule has 1 aromatic heterocycles. The topological polar surface area (TPSA) is 38.9 Å². The molecule has 1 heterocycles. The van der Waals surface area contributed by atoms with Gasteiger partial charge in [-0.3, -0.25) is 4.98 Å². The van der Waals surface area contributed by atoms with E-state index in [4.69, 9.17) is 12.2 Å². The second-order valence-electron chi connectivity index (χ2n) is 2.63. The molecule has 1 unspecified atom stereocenters. The van der Waals surface area contributed by atoms with Crippen molar-refractivity contribution in [3.8, 4) is 12.3 Å². The first-order chi connectivity index (χ1) is 5.77. The lowest BCUT2D eigenvalue weighted by Gasteiger charge is -2.07. The minimum Gasteiger partial charge on any atom is -0.323 e. The van der Waals surface area contributed by atoms with Crippen LogP contribution in [0.4, 0.5) is 0 Å². The third-order valence-corrected chi connectivity index (χ3v) is 1.77. The summed E-state index contributed by atoms with van der Waals surface area (Å²) in [5.41, 5.74) is 7.49. The molecule has 2 heteroatoms. The average molecular weight is 160 g/mol. The van der Waals surface area contributed by atoms with Crippen LogP contribution in [-0.4, -0.2) is 4.98 Å². The molecule has 0 saturated heterocycles. The van der Waals surface area contributed by atoms with Gasteiger partial charge in [-0.2, -0.15) is 0 Å². The summed E-state index contributed by atoms with van der Waals surface area (Å²) in [4.78, 5) is 4.14. The van der Waals surface area contributed by atoms with E-state index in [1.54, 1.807) is 12.3 Å². The van der Waals surface area contributed by atoms with Crippen LogP contribution in [0.15, 0.2) is 18.3 Å². The summed E-state index contributed by atoms with van der Waals surface area (Å²) in [5.74, 6) is 2.55. The van der Waals surface area contributed by atoms with Gasteiger partial charge in [-0.15, -0.1) is 6.42 Å². The highest BCUT2D eigenvalue weighted by atomic mass is 14.8. The van der Waals surface area contributed by atoms with Crippen molar-refractivity contribution in [2.75, 3.05) is 0 Å². The van der Waals surface area contributed by atoms with Gasteiger partial charge >= 0.3 is 0 Å². The molecule has 0 spiro atoms. The minimum absolute atomic E-state index is 0.00157. The zero-order valence-electron chi connectivity index (χ0n) is 7.12. The standard InChI is InChI=1S/C10H12N2/c1-3-8-5-6-12-10(7-8)9(11)4-2/h1,5-7,9H,4,11H2,2H3. The van der Waals surface area contributed by atoms with E-state index in [1.165, 1.54) is 0 Å². The maximum absolute atomic E-state index is 5.79. The van der Waals surface area contributed by atoms with Gasteiger partial charge in [0.1, 0.15) is 0 Å². The van der Waals surface area contributed by atoms with Crippen LogP contribution >= 0.6 is 0 Å². The highest BCUT2D eigenvalue weighted by molar-refractivity contribution is 5.32. The van der Waals surface area contributed by atoms with E-state index >= 15 is 0 Å². The van der Waals surface area contributed by atoms with Gasteiger partial charge < -0.3 is 5.73 Å².